The fraction of sp³-hybridized carbons (Fsp3) is 0.727. The van der Waals surface area contributed by atoms with E-state index in [2.05, 4.69) is 38.1 Å². The van der Waals surface area contributed by atoms with Crippen molar-refractivity contribution in [3.8, 4) is 0 Å². The number of nitrogens with one attached hydrogen (secondary N) is 1. The van der Waals surface area contributed by atoms with E-state index in [1.165, 1.54) is 11.3 Å². The van der Waals surface area contributed by atoms with Crippen LogP contribution < -0.4 is 5.32 Å². The van der Waals surface area contributed by atoms with Gasteiger partial charge in [-0.25, -0.2) is 0 Å². The second kappa shape index (κ2) is 4.60. The largest absolute Gasteiger partial charge is 0.310 e. The third kappa shape index (κ3) is 2.58. The van der Waals surface area contributed by atoms with Crippen molar-refractivity contribution in [1.82, 2.24) is 15.1 Å². The zero-order chi connectivity index (χ0) is 10.7. The summed E-state index contributed by atoms with van der Waals surface area (Å²) in [6, 6.07) is 0.523. The van der Waals surface area contributed by atoms with Crippen LogP contribution in [-0.2, 0) is 13.6 Å². The molecule has 1 N–H and O–H groups in total. The van der Waals surface area contributed by atoms with Gasteiger partial charge in [-0.3, -0.25) is 4.68 Å². The van der Waals surface area contributed by atoms with Gasteiger partial charge in [0.15, 0.2) is 0 Å². The monoisotopic (exact) mass is 195 g/mol. The van der Waals surface area contributed by atoms with Crippen LogP contribution in [0.25, 0.3) is 0 Å². The van der Waals surface area contributed by atoms with Gasteiger partial charge in [0.2, 0.25) is 0 Å². The minimum absolute atomic E-state index is 0.523. The Morgan fingerprint density at radius 1 is 1.36 bits per heavy atom. The summed E-state index contributed by atoms with van der Waals surface area (Å²) in [5.41, 5.74) is 2.65. The van der Waals surface area contributed by atoms with E-state index in [9.17, 15) is 0 Å². The Labute approximate surface area is 86.5 Å². The normalized spacial score (nSPS) is 11.6. The Bertz CT molecular complexity index is 287. The molecule has 1 rings (SSSR count). The smallest absolute Gasteiger partial charge is 0.0537 e. The second-order valence-corrected chi connectivity index (χ2v) is 4.37. The van der Waals surface area contributed by atoms with Gasteiger partial charge in [-0.15, -0.1) is 0 Å². The number of rotatable bonds is 4. The first-order chi connectivity index (χ1) is 6.52. The summed E-state index contributed by atoms with van der Waals surface area (Å²) >= 11 is 0. The van der Waals surface area contributed by atoms with E-state index in [0.29, 0.717) is 12.0 Å². The number of hydrogen-bond donors (Lipinski definition) is 1. The zero-order valence-corrected chi connectivity index (χ0v) is 9.83. The summed E-state index contributed by atoms with van der Waals surface area (Å²) in [5.74, 6) is 0.534. The van der Waals surface area contributed by atoms with Gasteiger partial charge >= 0.3 is 0 Å². The molecule has 3 nitrogen and oxygen atoms in total. The summed E-state index contributed by atoms with van der Waals surface area (Å²) in [4.78, 5) is 0. The molecule has 0 aliphatic carbocycles. The molecule has 1 aromatic rings. The maximum Gasteiger partial charge on any atom is 0.0537 e. The first-order valence-corrected chi connectivity index (χ1v) is 5.26. The Morgan fingerprint density at radius 2 is 2.00 bits per heavy atom. The van der Waals surface area contributed by atoms with Crippen LogP contribution in [0, 0.1) is 0 Å². The molecule has 80 valence electrons. The summed E-state index contributed by atoms with van der Waals surface area (Å²) in [6.45, 7) is 9.64. The predicted octanol–water partition coefficient (Wildman–Crippen LogP) is 2.04. The molecule has 0 atom stereocenters. The number of hydrogen-bond acceptors (Lipinski definition) is 2. The van der Waals surface area contributed by atoms with Crippen molar-refractivity contribution in [2.24, 2.45) is 7.05 Å². The molecule has 0 saturated heterocycles. The minimum Gasteiger partial charge on any atom is -0.310 e. The van der Waals surface area contributed by atoms with Gasteiger partial charge in [0.1, 0.15) is 0 Å². The van der Waals surface area contributed by atoms with E-state index in [0.717, 1.165) is 6.54 Å². The molecule has 0 amide bonds. The third-order valence-corrected chi connectivity index (χ3v) is 2.31. The van der Waals surface area contributed by atoms with E-state index in [1.54, 1.807) is 0 Å². The highest BCUT2D eigenvalue weighted by atomic mass is 15.3. The van der Waals surface area contributed by atoms with Crippen molar-refractivity contribution in [3.05, 3.63) is 17.5 Å². The lowest BCUT2D eigenvalue weighted by atomic mass is 10.1. The van der Waals surface area contributed by atoms with Gasteiger partial charge in [-0.05, 0) is 5.92 Å². The van der Waals surface area contributed by atoms with Gasteiger partial charge < -0.3 is 5.32 Å². The van der Waals surface area contributed by atoms with Gasteiger partial charge in [0.25, 0.3) is 0 Å². The average Bonchev–Trinajstić information content (AvgIpc) is 2.43. The van der Waals surface area contributed by atoms with E-state index < -0.39 is 0 Å². The van der Waals surface area contributed by atoms with Crippen LogP contribution in [0.2, 0.25) is 0 Å². The Kier molecular flexibility index (Phi) is 3.69. The molecule has 0 aliphatic heterocycles. The number of aromatic nitrogens is 2. The van der Waals surface area contributed by atoms with Crippen molar-refractivity contribution in [2.45, 2.75) is 46.2 Å². The molecule has 3 heteroatoms. The molecule has 14 heavy (non-hydrogen) atoms. The van der Waals surface area contributed by atoms with Crippen molar-refractivity contribution in [3.63, 3.8) is 0 Å². The highest BCUT2D eigenvalue weighted by molar-refractivity contribution is 5.20. The maximum absolute atomic E-state index is 4.29. The van der Waals surface area contributed by atoms with E-state index >= 15 is 0 Å². The van der Waals surface area contributed by atoms with Gasteiger partial charge in [0, 0.05) is 30.9 Å². The highest BCUT2D eigenvalue weighted by Gasteiger charge is 2.11. The molecule has 0 unspecified atom stereocenters. The van der Waals surface area contributed by atoms with Crippen LogP contribution in [0.3, 0.4) is 0 Å². The lowest BCUT2D eigenvalue weighted by Crippen LogP contribution is -2.22. The van der Waals surface area contributed by atoms with Crippen LogP contribution in [0.4, 0.5) is 0 Å². The standard InChI is InChI=1S/C11H21N3/c1-8(2)11-10(6-12-9(3)4)7-13-14(11)5/h7-9,12H,6H2,1-5H3. The van der Waals surface area contributed by atoms with Gasteiger partial charge in [-0.2, -0.15) is 5.10 Å². The third-order valence-electron chi connectivity index (χ3n) is 2.31. The van der Waals surface area contributed by atoms with Gasteiger partial charge in [0.05, 0.1) is 6.20 Å². The van der Waals surface area contributed by atoms with Crippen LogP contribution >= 0.6 is 0 Å². The van der Waals surface area contributed by atoms with Crippen molar-refractivity contribution < 1.29 is 0 Å². The first-order valence-electron chi connectivity index (χ1n) is 5.26. The molecule has 0 bridgehead atoms. The number of nitrogens with zero attached hydrogens (tertiary/aromatic N) is 2. The summed E-state index contributed by atoms with van der Waals surface area (Å²) in [6.07, 6.45) is 1.96. The molecule has 1 aromatic heterocycles. The summed E-state index contributed by atoms with van der Waals surface area (Å²) < 4.78 is 1.97. The van der Waals surface area contributed by atoms with Crippen LogP contribution in [0.5, 0.6) is 0 Å². The maximum atomic E-state index is 4.29. The SMILES string of the molecule is CC(C)NCc1cnn(C)c1C(C)C. The lowest BCUT2D eigenvalue weighted by Gasteiger charge is -2.11. The quantitative estimate of drug-likeness (QED) is 0.796. The molecule has 0 fully saturated rings. The number of aryl methyl sites for hydroxylation is 1. The molecular weight excluding hydrogens is 174 g/mol. The Morgan fingerprint density at radius 3 is 2.50 bits per heavy atom. The molecule has 0 aliphatic rings. The van der Waals surface area contributed by atoms with Crippen LogP contribution in [-0.4, -0.2) is 15.8 Å². The van der Waals surface area contributed by atoms with E-state index in [1.807, 2.05) is 17.9 Å². The molecule has 1 heterocycles. The Balaban J connectivity index is 2.76. The fourth-order valence-corrected chi connectivity index (χ4v) is 1.69. The fourth-order valence-electron chi connectivity index (χ4n) is 1.69. The molecular formula is C11H21N3. The first kappa shape index (κ1) is 11.2. The predicted molar refractivity (Wildman–Crippen MR) is 59.3 cm³/mol. The topological polar surface area (TPSA) is 29.9 Å². The van der Waals surface area contributed by atoms with Crippen molar-refractivity contribution >= 4 is 0 Å². The molecule has 0 spiro atoms. The molecule has 0 saturated carbocycles. The van der Waals surface area contributed by atoms with Crippen LogP contribution in [0.15, 0.2) is 6.20 Å². The van der Waals surface area contributed by atoms with Gasteiger partial charge in [-0.1, -0.05) is 27.7 Å². The Hall–Kier alpha value is -0.830. The minimum atomic E-state index is 0.523. The van der Waals surface area contributed by atoms with E-state index in [-0.39, 0.29) is 0 Å². The van der Waals surface area contributed by atoms with Crippen molar-refractivity contribution in [2.75, 3.05) is 0 Å². The second-order valence-electron chi connectivity index (χ2n) is 4.37. The molecule has 0 aromatic carbocycles. The summed E-state index contributed by atoms with van der Waals surface area (Å²) in [7, 11) is 2.01. The van der Waals surface area contributed by atoms with Crippen LogP contribution in [0.1, 0.15) is 44.9 Å². The zero-order valence-electron chi connectivity index (χ0n) is 9.83. The highest BCUT2D eigenvalue weighted by Crippen LogP contribution is 2.18. The molecule has 0 radical (unpaired) electrons. The van der Waals surface area contributed by atoms with Crippen molar-refractivity contribution in [1.29, 1.82) is 0 Å². The summed E-state index contributed by atoms with van der Waals surface area (Å²) in [5, 5.41) is 7.71. The lowest BCUT2D eigenvalue weighted by molar-refractivity contribution is 0.580. The van der Waals surface area contributed by atoms with E-state index in [4.69, 9.17) is 0 Å². The average molecular weight is 195 g/mol.